The summed E-state index contributed by atoms with van der Waals surface area (Å²) in [6, 6.07) is 13.6. The van der Waals surface area contributed by atoms with Crippen LogP contribution in [0.1, 0.15) is 32.6 Å². The zero-order chi connectivity index (χ0) is 36.5. The van der Waals surface area contributed by atoms with Crippen molar-refractivity contribution in [1.82, 2.24) is 24.6 Å². The molecule has 5 aromatic rings. The molecule has 2 aromatic heterocycles. The van der Waals surface area contributed by atoms with Gasteiger partial charge in [0.25, 0.3) is 0 Å². The molecule has 18 heteroatoms. The molecule has 0 radical (unpaired) electrons. The Morgan fingerprint density at radius 1 is 1.18 bits per heavy atom. The van der Waals surface area contributed by atoms with Crippen molar-refractivity contribution >= 4 is 41.6 Å². The molecule has 6 rings (SSSR count). The van der Waals surface area contributed by atoms with Gasteiger partial charge in [-0.1, -0.05) is 36.4 Å². The molecule has 1 aliphatic rings. The first kappa shape index (κ1) is 36.0. The van der Waals surface area contributed by atoms with Gasteiger partial charge in [0.15, 0.2) is 17.4 Å². The van der Waals surface area contributed by atoms with Gasteiger partial charge >= 0.3 is 13.7 Å². The molecule has 1 saturated heterocycles. The summed E-state index contributed by atoms with van der Waals surface area (Å²) in [5, 5.41) is 26.5. The van der Waals surface area contributed by atoms with Crippen molar-refractivity contribution in [2.24, 2.45) is 0 Å². The Hall–Kier alpha value is -4.77. The van der Waals surface area contributed by atoms with Gasteiger partial charge in [-0.05, 0) is 44.4 Å². The SMILES string of the molecule is CCOc1nc(N)nc2c1ncn2C1O[C@H](COP(=O)(N[C@@H](C)C(=O)OCc2ccc(F)cc2F)Oc2cccc3ccccc23)[C@@H](O)[C@@]1(C)O. The Morgan fingerprint density at radius 2 is 1.94 bits per heavy atom. The smallest absolute Gasteiger partial charge is 0.459 e. The number of aromatic nitrogens is 4. The number of benzene rings is 3. The number of fused-ring (bicyclic) bond motifs is 2. The van der Waals surface area contributed by atoms with Crippen LogP contribution in [0.2, 0.25) is 0 Å². The van der Waals surface area contributed by atoms with Crippen molar-refractivity contribution in [3.8, 4) is 11.6 Å². The van der Waals surface area contributed by atoms with Gasteiger partial charge in [0.1, 0.15) is 47.8 Å². The molecule has 0 amide bonds. The summed E-state index contributed by atoms with van der Waals surface area (Å²) in [4.78, 5) is 25.5. The first-order chi connectivity index (χ1) is 24.3. The Labute approximate surface area is 289 Å². The third kappa shape index (κ3) is 7.49. The van der Waals surface area contributed by atoms with Crippen LogP contribution in [0.15, 0.2) is 67.0 Å². The van der Waals surface area contributed by atoms with Crippen molar-refractivity contribution in [3.63, 3.8) is 0 Å². The number of imidazole rings is 1. The van der Waals surface area contributed by atoms with E-state index in [0.29, 0.717) is 11.5 Å². The van der Waals surface area contributed by atoms with E-state index < -0.39 is 68.6 Å². The van der Waals surface area contributed by atoms with E-state index in [9.17, 15) is 28.4 Å². The number of halogens is 2. The molecular weight excluding hydrogens is 693 g/mol. The molecule has 1 fully saturated rings. The summed E-state index contributed by atoms with van der Waals surface area (Å²) in [5.74, 6) is -2.52. The maximum atomic E-state index is 14.4. The van der Waals surface area contributed by atoms with Crippen LogP contribution in [-0.2, 0) is 30.0 Å². The van der Waals surface area contributed by atoms with Gasteiger partial charge in [0.05, 0.1) is 19.5 Å². The van der Waals surface area contributed by atoms with Crippen LogP contribution in [0, 0.1) is 11.6 Å². The molecule has 2 unspecified atom stereocenters. The number of hydrogen-bond donors (Lipinski definition) is 4. The van der Waals surface area contributed by atoms with E-state index in [0.717, 1.165) is 17.5 Å². The molecule has 3 heterocycles. The van der Waals surface area contributed by atoms with Crippen LogP contribution >= 0.6 is 7.75 Å². The predicted molar refractivity (Wildman–Crippen MR) is 178 cm³/mol. The maximum absolute atomic E-state index is 14.4. The predicted octanol–water partition coefficient (Wildman–Crippen LogP) is 4.17. The Morgan fingerprint density at radius 3 is 2.71 bits per heavy atom. The third-order valence-electron chi connectivity index (χ3n) is 8.16. The van der Waals surface area contributed by atoms with Gasteiger partial charge < -0.3 is 34.7 Å². The Bertz CT molecular complexity index is 2110. The van der Waals surface area contributed by atoms with Crippen molar-refractivity contribution < 1.29 is 51.6 Å². The number of carbonyl (C=O) groups excluding carboxylic acids is 1. The molecule has 0 bridgehead atoms. The fourth-order valence-electron chi connectivity index (χ4n) is 5.56. The lowest BCUT2D eigenvalue weighted by atomic mass is 9.96. The van der Waals surface area contributed by atoms with Crippen LogP contribution in [-0.4, -0.2) is 72.8 Å². The zero-order valence-corrected chi connectivity index (χ0v) is 28.5. The average Bonchev–Trinajstić information content (AvgIpc) is 3.60. The maximum Gasteiger partial charge on any atom is 0.459 e. The van der Waals surface area contributed by atoms with E-state index in [-0.39, 0.29) is 40.9 Å². The first-order valence-corrected chi connectivity index (χ1v) is 17.3. The van der Waals surface area contributed by atoms with Gasteiger partial charge in [-0.25, -0.2) is 18.3 Å². The number of esters is 1. The number of hydrogen-bond acceptors (Lipinski definition) is 13. The summed E-state index contributed by atoms with van der Waals surface area (Å²) >= 11 is 0. The number of ether oxygens (including phenoxy) is 3. The zero-order valence-electron chi connectivity index (χ0n) is 27.6. The van der Waals surface area contributed by atoms with Crippen LogP contribution in [0.4, 0.5) is 14.7 Å². The number of rotatable bonds is 13. The van der Waals surface area contributed by atoms with E-state index in [1.807, 2.05) is 18.2 Å². The number of nitrogens with two attached hydrogens (primary N) is 1. The van der Waals surface area contributed by atoms with Crippen LogP contribution in [0.3, 0.4) is 0 Å². The number of nitrogens with one attached hydrogen (secondary N) is 1. The molecule has 0 saturated carbocycles. The lowest BCUT2D eigenvalue weighted by Gasteiger charge is -2.27. The van der Waals surface area contributed by atoms with E-state index in [1.54, 1.807) is 31.2 Å². The summed E-state index contributed by atoms with van der Waals surface area (Å²) < 4.78 is 71.7. The van der Waals surface area contributed by atoms with E-state index in [4.69, 9.17) is 29.0 Å². The Balaban J connectivity index is 1.23. The van der Waals surface area contributed by atoms with Crippen LogP contribution < -0.4 is 20.1 Å². The number of nitrogen functional groups attached to an aromatic ring is 1. The number of carbonyl (C=O) groups is 1. The van der Waals surface area contributed by atoms with Crippen molar-refractivity contribution in [1.29, 1.82) is 0 Å². The van der Waals surface area contributed by atoms with Crippen molar-refractivity contribution in [3.05, 3.63) is 84.2 Å². The Kier molecular flexibility index (Phi) is 10.2. The lowest BCUT2D eigenvalue weighted by Crippen LogP contribution is -2.44. The molecule has 51 heavy (non-hydrogen) atoms. The van der Waals surface area contributed by atoms with E-state index in [1.165, 1.54) is 24.7 Å². The summed E-state index contributed by atoms with van der Waals surface area (Å²) in [7, 11) is -4.55. The largest absolute Gasteiger partial charge is 0.476 e. The minimum Gasteiger partial charge on any atom is -0.476 e. The van der Waals surface area contributed by atoms with E-state index in [2.05, 4.69) is 20.0 Å². The monoisotopic (exact) mass is 728 g/mol. The van der Waals surface area contributed by atoms with Gasteiger partial charge in [-0.3, -0.25) is 13.9 Å². The number of nitrogens with zero attached hydrogens (tertiary/aromatic N) is 4. The van der Waals surface area contributed by atoms with Crippen molar-refractivity contribution in [2.45, 2.75) is 57.5 Å². The second kappa shape index (κ2) is 14.5. The average molecular weight is 729 g/mol. The van der Waals surface area contributed by atoms with E-state index >= 15 is 0 Å². The van der Waals surface area contributed by atoms with Crippen LogP contribution in [0.5, 0.6) is 11.6 Å². The molecule has 0 aliphatic carbocycles. The molecule has 6 atom stereocenters. The summed E-state index contributed by atoms with van der Waals surface area (Å²) in [5.41, 5.74) is 4.24. The normalized spacial score (nSPS) is 22.1. The van der Waals surface area contributed by atoms with Gasteiger partial charge in [0.2, 0.25) is 11.8 Å². The topological polar surface area (TPSA) is 202 Å². The van der Waals surface area contributed by atoms with Gasteiger partial charge in [-0.2, -0.15) is 15.1 Å². The molecule has 15 nitrogen and oxygen atoms in total. The minimum atomic E-state index is -4.55. The molecule has 0 spiro atoms. The fraction of sp³-hybridized carbons (Fsp3) is 0.333. The lowest BCUT2D eigenvalue weighted by molar-refractivity contribution is -0.146. The molecule has 270 valence electrons. The van der Waals surface area contributed by atoms with Crippen LogP contribution in [0.25, 0.3) is 21.9 Å². The van der Waals surface area contributed by atoms with Crippen molar-refractivity contribution in [2.75, 3.05) is 18.9 Å². The quantitative estimate of drug-likeness (QED) is 0.0994. The second-order valence-corrected chi connectivity index (χ2v) is 13.6. The highest BCUT2D eigenvalue weighted by atomic mass is 31.2. The molecular formula is C33H35F2N6O9P. The highest BCUT2D eigenvalue weighted by Crippen LogP contribution is 2.48. The molecule has 5 N–H and O–H groups in total. The minimum absolute atomic E-state index is 0.0775. The molecule has 3 aromatic carbocycles. The number of aliphatic hydroxyl groups excluding tert-OH is 1. The summed E-state index contributed by atoms with van der Waals surface area (Å²) in [6.45, 7) is 3.53. The van der Waals surface area contributed by atoms with Gasteiger partial charge in [0, 0.05) is 17.0 Å². The highest BCUT2D eigenvalue weighted by Gasteiger charge is 2.54. The standard InChI is InChI=1S/C33H35F2N6O9P/c1-4-46-29-26-28(38-32(36)39-29)41(17-37-26)31-33(3,44)27(42)25(49-31)16-48-51(45,50-24-11-7-9-19-8-5-6-10-22(19)24)40-18(2)30(43)47-15-20-12-13-21(34)14-23(20)35/h5-14,17-18,25,27,31,42,44H,4,15-16H2,1-3H3,(H,40,45)(H2,36,38,39)/t18-,25+,27+,31?,33+,51?/m0/s1. The van der Waals surface area contributed by atoms with Gasteiger partial charge in [-0.15, -0.1) is 0 Å². The molecule has 1 aliphatic heterocycles. The first-order valence-electron chi connectivity index (χ1n) is 15.8. The second-order valence-electron chi connectivity index (χ2n) is 11.9. The number of anilines is 1. The summed E-state index contributed by atoms with van der Waals surface area (Å²) in [6.07, 6.45) is -2.88. The third-order valence-corrected chi connectivity index (χ3v) is 9.79. The highest BCUT2D eigenvalue weighted by molar-refractivity contribution is 7.52. The number of aliphatic hydroxyl groups is 2. The fourth-order valence-corrected chi connectivity index (χ4v) is 7.08.